The Kier molecular flexibility index (Phi) is 4.97. The highest BCUT2D eigenvalue weighted by molar-refractivity contribution is 5.87. The van der Waals surface area contributed by atoms with Crippen LogP contribution in [0.2, 0.25) is 0 Å². The molecule has 0 unspecified atom stereocenters. The van der Waals surface area contributed by atoms with Gasteiger partial charge in [-0.25, -0.2) is 4.79 Å². The number of carbonyl (C=O) groups is 2. The van der Waals surface area contributed by atoms with Crippen molar-refractivity contribution in [3.63, 3.8) is 0 Å². The van der Waals surface area contributed by atoms with Gasteiger partial charge < -0.3 is 10.1 Å². The summed E-state index contributed by atoms with van der Waals surface area (Å²) in [7, 11) is 1.39. The molecule has 1 fully saturated rings. The normalized spacial score (nSPS) is 20.4. The first kappa shape index (κ1) is 14.0. The molecule has 4 nitrogen and oxygen atoms in total. The number of esters is 1. The van der Waals surface area contributed by atoms with Crippen LogP contribution in [-0.4, -0.2) is 24.5 Å². The largest absolute Gasteiger partial charge is 0.467 e. The van der Waals surface area contributed by atoms with Crippen LogP contribution in [0.4, 0.5) is 0 Å². The molecule has 1 aliphatic carbocycles. The Bertz CT molecular complexity index is 284. The first-order chi connectivity index (χ1) is 8.06. The Morgan fingerprint density at radius 1 is 1.29 bits per heavy atom. The van der Waals surface area contributed by atoms with E-state index in [1.807, 2.05) is 6.92 Å². The van der Waals surface area contributed by atoms with Crippen LogP contribution in [0.1, 0.15) is 52.4 Å². The molecule has 0 heterocycles. The molecular weight excluding hydrogens is 218 g/mol. The Balaban J connectivity index is 2.95. The standard InChI is InChI=1S/C13H23NO3/c1-4-13(12(16)17-3,14-10(2)15)11-8-6-5-7-9-11/h11H,4-9H2,1-3H3,(H,14,15)/t13-/m0/s1. The van der Waals surface area contributed by atoms with Gasteiger partial charge in [-0.3, -0.25) is 4.79 Å². The average Bonchev–Trinajstić information content (AvgIpc) is 2.35. The summed E-state index contributed by atoms with van der Waals surface area (Å²) in [6.45, 7) is 3.39. The van der Waals surface area contributed by atoms with Gasteiger partial charge in [0.2, 0.25) is 5.91 Å². The zero-order chi connectivity index (χ0) is 12.9. The summed E-state index contributed by atoms with van der Waals surface area (Å²) in [6.07, 6.45) is 6.04. The van der Waals surface area contributed by atoms with E-state index in [4.69, 9.17) is 4.74 Å². The van der Waals surface area contributed by atoms with Gasteiger partial charge in [0.15, 0.2) is 0 Å². The minimum Gasteiger partial charge on any atom is -0.467 e. The minimum atomic E-state index is -0.818. The molecule has 1 N–H and O–H groups in total. The van der Waals surface area contributed by atoms with Gasteiger partial charge in [0.1, 0.15) is 5.54 Å². The molecule has 0 radical (unpaired) electrons. The van der Waals surface area contributed by atoms with Crippen molar-refractivity contribution in [2.24, 2.45) is 5.92 Å². The van der Waals surface area contributed by atoms with Gasteiger partial charge in [0.25, 0.3) is 0 Å². The lowest BCUT2D eigenvalue weighted by Crippen LogP contribution is -2.59. The van der Waals surface area contributed by atoms with Crippen LogP contribution in [0, 0.1) is 5.92 Å². The number of hydrogen-bond donors (Lipinski definition) is 1. The lowest BCUT2D eigenvalue weighted by atomic mass is 9.73. The van der Waals surface area contributed by atoms with Crippen LogP contribution in [0.5, 0.6) is 0 Å². The number of hydrogen-bond acceptors (Lipinski definition) is 3. The third-order valence-electron chi connectivity index (χ3n) is 3.81. The van der Waals surface area contributed by atoms with Crippen molar-refractivity contribution in [1.29, 1.82) is 0 Å². The Morgan fingerprint density at radius 3 is 2.29 bits per heavy atom. The highest BCUT2D eigenvalue weighted by Gasteiger charge is 2.46. The second kappa shape index (κ2) is 6.03. The predicted molar refractivity (Wildman–Crippen MR) is 65.4 cm³/mol. The molecule has 0 aromatic carbocycles. The van der Waals surface area contributed by atoms with Crippen molar-refractivity contribution in [2.45, 2.75) is 57.9 Å². The molecule has 98 valence electrons. The SMILES string of the molecule is CC[C@@](NC(C)=O)(C(=O)OC)C1CCCCC1. The van der Waals surface area contributed by atoms with E-state index >= 15 is 0 Å². The topological polar surface area (TPSA) is 55.4 Å². The molecule has 0 aromatic heterocycles. The van der Waals surface area contributed by atoms with Gasteiger partial charge in [-0.05, 0) is 25.2 Å². The maximum absolute atomic E-state index is 12.1. The molecule has 0 saturated heterocycles. The third-order valence-corrected chi connectivity index (χ3v) is 3.81. The summed E-state index contributed by atoms with van der Waals surface area (Å²) in [4.78, 5) is 23.4. The van der Waals surface area contributed by atoms with Crippen molar-refractivity contribution in [3.05, 3.63) is 0 Å². The van der Waals surface area contributed by atoms with Gasteiger partial charge in [0, 0.05) is 6.92 Å². The van der Waals surface area contributed by atoms with Gasteiger partial charge in [0.05, 0.1) is 7.11 Å². The fourth-order valence-electron chi connectivity index (χ4n) is 2.93. The van der Waals surface area contributed by atoms with E-state index in [9.17, 15) is 9.59 Å². The zero-order valence-electron chi connectivity index (χ0n) is 11.0. The fraction of sp³-hybridized carbons (Fsp3) is 0.846. The molecule has 4 heteroatoms. The highest BCUT2D eigenvalue weighted by atomic mass is 16.5. The van der Waals surface area contributed by atoms with Crippen LogP contribution in [0.3, 0.4) is 0 Å². The van der Waals surface area contributed by atoms with Crippen molar-refractivity contribution in [3.8, 4) is 0 Å². The summed E-state index contributed by atoms with van der Waals surface area (Å²) >= 11 is 0. The maximum Gasteiger partial charge on any atom is 0.331 e. The predicted octanol–water partition coefficient (Wildman–Crippen LogP) is 2.02. The smallest absolute Gasteiger partial charge is 0.331 e. The molecule has 0 bridgehead atoms. The molecule has 17 heavy (non-hydrogen) atoms. The van der Waals surface area contributed by atoms with E-state index in [1.165, 1.54) is 20.5 Å². The summed E-state index contributed by atoms with van der Waals surface area (Å²) in [5, 5.41) is 2.85. The minimum absolute atomic E-state index is 0.164. The van der Waals surface area contributed by atoms with Crippen molar-refractivity contribution < 1.29 is 14.3 Å². The number of rotatable bonds is 4. The van der Waals surface area contributed by atoms with Crippen LogP contribution >= 0.6 is 0 Å². The lowest BCUT2D eigenvalue weighted by Gasteiger charge is -2.40. The lowest BCUT2D eigenvalue weighted by molar-refractivity contribution is -0.154. The second-order valence-corrected chi connectivity index (χ2v) is 4.83. The molecule has 1 amide bonds. The van der Waals surface area contributed by atoms with Crippen LogP contribution in [-0.2, 0) is 14.3 Å². The Hall–Kier alpha value is -1.06. The molecule has 1 atom stereocenters. The van der Waals surface area contributed by atoms with Crippen molar-refractivity contribution in [1.82, 2.24) is 5.32 Å². The van der Waals surface area contributed by atoms with Gasteiger partial charge in [-0.1, -0.05) is 26.2 Å². The van der Waals surface area contributed by atoms with E-state index in [-0.39, 0.29) is 17.8 Å². The molecule has 1 rings (SSSR count). The number of ether oxygens (including phenoxy) is 1. The average molecular weight is 241 g/mol. The van der Waals surface area contributed by atoms with E-state index in [0.29, 0.717) is 6.42 Å². The summed E-state index contributed by atoms with van der Waals surface area (Å²) in [5.74, 6) is -0.262. The molecule has 1 aliphatic rings. The maximum atomic E-state index is 12.1. The summed E-state index contributed by atoms with van der Waals surface area (Å²) < 4.78 is 4.91. The first-order valence-corrected chi connectivity index (χ1v) is 6.44. The van der Waals surface area contributed by atoms with Crippen LogP contribution < -0.4 is 5.32 Å². The monoisotopic (exact) mass is 241 g/mol. The van der Waals surface area contributed by atoms with Crippen LogP contribution in [0.15, 0.2) is 0 Å². The molecule has 1 saturated carbocycles. The van der Waals surface area contributed by atoms with E-state index in [1.54, 1.807) is 0 Å². The second-order valence-electron chi connectivity index (χ2n) is 4.83. The third kappa shape index (κ3) is 2.99. The van der Waals surface area contributed by atoms with Crippen molar-refractivity contribution in [2.75, 3.05) is 7.11 Å². The van der Waals surface area contributed by atoms with Crippen molar-refractivity contribution >= 4 is 11.9 Å². The Labute approximate surface area is 103 Å². The fourth-order valence-corrected chi connectivity index (χ4v) is 2.93. The van der Waals surface area contributed by atoms with E-state index < -0.39 is 5.54 Å². The zero-order valence-corrected chi connectivity index (χ0v) is 11.0. The van der Waals surface area contributed by atoms with E-state index in [0.717, 1.165) is 25.7 Å². The summed E-state index contributed by atoms with van der Waals surface area (Å²) in [5.41, 5.74) is -0.818. The highest BCUT2D eigenvalue weighted by Crippen LogP contribution is 2.35. The van der Waals surface area contributed by atoms with E-state index in [2.05, 4.69) is 5.32 Å². The first-order valence-electron chi connectivity index (χ1n) is 6.44. The number of nitrogens with one attached hydrogen (secondary N) is 1. The van der Waals surface area contributed by atoms with Gasteiger partial charge >= 0.3 is 5.97 Å². The quantitative estimate of drug-likeness (QED) is 0.766. The number of amides is 1. The Morgan fingerprint density at radius 2 is 1.88 bits per heavy atom. The molecular formula is C13H23NO3. The molecule has 0 aromatic rings. The molecule has 0 aliphatic heterocycles. The molecule has 0 spiro atoms. The van der Waals surface area contributed by atoms with Crippen LogP contribution in [0.25, 0.3) is 0 Å². The van der Waals surface area contributed by atoms with Gasteiger partial charge in [-0.15, -0.1) is 0 Å². The number of methoxy groups -OCH3 is 1. The number of carbonyl (C=O) groups excluding carboxylic acids is 2. The summed E-state index contributed by atoms with van der Waals surface area (Å²) in [6, 6.07) is 0. The van der Waals surface area contributed by atoms with Gasteiger partial charge in [-0.2, -0.15) is 0 Å².